The third kappa shape index (κ3) is 11.8. The van der Waals surface area contributed by atoms with Crippen LogP contribution >= 0.6 is 0 Å². The van der Waals surface area contributed by atoms with E-state index >= 15 is 0 Å². The average molecular weight is 215 g/mol. The van der Waals surface area contributed by atoms with Gasteiger partial charge in [-0.25, -0.2) is 0 Å². The molecule has 0 aromatic heterocycles. The molecule has 0 heterocycles. The van der Waals surface area contributed by atoms with Gasteiger partial charge in [-0.1, -0.05) is 27.7 Å². The molecule has 0 bridgehead atoms. The predicted octanol–water partition coefficient (Wildman–Crippen LogP) is 3.07. The van der Waals surface area contributed by atoms with Gasteiger partial charge in [0.1, 0.15) is 0 Å². The first kappa shape index (κ1) is 14.9. The van der Waals surface area contributed by atoms with Gasteiger partial charge in [0.25, 0.3) is 0 Å². The highest BCUT2D eigenvalue weighted by molar-refractivity contribution is 4.57. The van der Waals surface area contributed by atoms with Crippen molar-refractivity contribution in [1.82, 2.24) is 5.32 Å². The van der Waals surface area contributed by atoms with Gasteiger partial charge in [-0.15, -0.1) is 0 Å². The Labute approximate surface area is 95.8 Å². The molecule has 15 heavy (non-hydrogen) atoms. The van der Waals surface area contributed by atoms with Gasteiger partial charge in [-0.3, -0.25) is 0 Å². The summed E-state index contributed by atoms with van der Waals surface area (Å²) in [6.07, 6.45) is 2.80. The first-order valence-corrected chi connectivity index (χ1v) is 6.34. The van der Waals surface area contributed by atoms with Crippen molar-refractivity contribution in [3.63, 3.8) is 0 Å². The van der Waals surface area contributed by atoms with Crippen LogP contribution in [0.2, 0.25) is 0 Å². The molecular weight excluding hydrogens is 186 g/mol. The molecule has 0 aliphatic heterocycles. The number of hydrogen-bond donors (Lipinski definition) is 1. The molecule has 0 fully saturated rings. The van der Waals surface area contributed by atoms with Gasteiger partial charge in [0.05, 0.1) is 6.10 Å². The minimum absolute atomic E-state index is 0.343. The smallest absolute Gasteiger partial charge is 0.0671 e. The van der Waals surface area contributed by atoms with E-state index < -0.39 is 0 Å². The maximum Gasteiger partial charge on any atom is 0.0671 e. The van der Waals surface area contributed by atoms with E-state index in [0.717, 1.165) is 31.5 Å². The van der Waals surface area contributed by atoms with E-state index in [1.165, 1.54) is 12.8 Å². The topological polar surface area (TPSA) is 21.3 Å². The first-order chi connectivity index (χ1) is 7.02. The third-order valence-electron chi connectivity index (χ3n) is 2.31. The van der Waals surface area contributed by atoms with Crippen molar-refractivity contribution in [2.45, 2.75) is 53.6 Å². The molecule has 0 aromatic carbocycles. The molecule has 0 saturated heterocycles. The number of ether oxygens (including phenoxy) is 1. The van der Waals surface area contributed by atoms with Crippen LogP contribution in [0.15, 0.2) is 0 Å². The van der Waals surface area contributed by atoms with Crippen LogP contribution in [-0.4, -0.2) is 25.8 Å². The van der Waals surface area contributed by atoms with Gasteiger partial charge >= 0.3 is 0 Å². The Hall–Kier alpha value is -0.0800. The summed E-state index contributed by atoms with van der Waals surface area (Å²) in [6.45, 7) is 14.1. The highest BCUT2D eigenvalue weighted by Gasteiger charge is 2.02. The minimum atomic E-state index is 0.343. The molecule has 92 valence electrons. The summed E-state index contributed by atoms with van der Waals surface area (Å²) < 4.78 is 5.71. The Bertz CT molecular complexity index is 134. The van der Waals surface area contributed by atoms with Gasteiger partial charge in [0.15, 0.2) is 0 Å². The molecule has 0 radical (unpaired) electrons. The number of hydrogen-bond acceptors (Lipinski definition) is 2. The Morgan fingerprint density at radius 3 is 2.13 bits per heavy atom. The molecule has 2 nitrogen and oxygen atoms in total. The zero-order valence-corrected chi connectivity index (χ0v) is 11.2. The normalized spacial score (nSPS) is 13.8. The van der Waals surface area contributed by atoms with Crippen LogP contribution in [0.25, 0.3) is 0 Å². The van der Waals surface area contributed by atoms with Crippen LogP contribution in [0, 0.1) is 11.8 Å². The summed E-state index contributed by atoms with van der Waals surface area (Å²) in [5.41, 5.74) is 0. The zero-order valence-electron chi connectivity index (χ0n) is 11.2. The van der Waals surface area contributed by atoms with E-state index in [4.69, 9.17) is 4.74 Å². The van der Waals surface area contributed by atoms with Crippen molar-refractivity contribution in [1.29, 1.82) is 0 Å². The summed E-state index contributed by atoms with van der Waals surface area (Å²) in [5.74, 6) is 1.51. The molecule has 1 atom stereocenters. The average Bonchev–Trinajstić information content (AvgIpc) is 2.11. The first-order valence-electron chi connectivity index (χ1n) is 6.34. The minimum Gasteiger partial charge on any atom is -0.377 e. The van der Waals surface area contributed by atoms with Crippen LogP contribution < -0.4 is 5.32 Å². The van der Waals surface area contributed by atoms with Crippen molar-refractivity contribution in [3.05, 3.63) is 0 Å². The van der Waals surface area contributed by atoms with Crippen LogP contribution in [-0.2, 0) is 4.74 Å². The van der Waals surface area contributed by atoms with Crippen LogP contribution in [0.4, 0.5) is 0 Å². The molecule has 0 rings (SSSR count). The van der Waals surface area contributed by atoms with E-state index in [0.29, 0.717) is 6.10 Å². The molecule has 0 aromatic rings. The lowest BCUT2D eigenvalue weighted by Crippen LogP contribution is -2.29. The van der Waals surface area contributed by atoms with Crippen LogP contribution in [0.1, 0.15) is 47.5 Å². The maximum absolute atomic E-state index is 5.71. The van der Waals surface area contributed by atoms with E-state index in [9.17, 15) is 0 Å². The Kier molecular flexibility index (Phi) is 9.12. The van der Waals surface area contributed by atoms with E-state index in [2.05, 4.69) is 39.9 Å². The standard InChI is InChI=1S/C13H29NO/c1-11(2)7-6-8-15-13(5)10-14-9-12(3)4/h11-14H,6-10H2,1-5H3. The van der Waals surface area contributed by atoms with Gasteiger partial charge in [0, 0.05) is 13.2 Å². The third-order valence-corrected chi connectivity index (χ3v) is 2.31. The molecule has 0 spiro atoms. The van der Waals surface area contributed by atoms with Gasteiger partial charge in [0.2, 0.25) is 0 Å². The van der Waals surface area contributed by atoms with E-state index in [1.807, 2.05) is 0 Å². The summed E-state index contributed by atoms with van der Waals surface area (Å²) in [4.78, 5) is 0. The maximum atomic E-state index is 5.71. The highest BCUT2D eigenvalue weighted by atomic mass is 16.5. The lowest BCUT2D eigenvalue weighted by molar-refractivity contribution is 0.0614. The van der Waals surface area contributed by atoms with Crippen molar-refractivity contribution in [3.8, 4) is 0 Å². The van der Waals surface area contributed by atoms with Gasteiger partial charge < -0.3 is 10.1 Å². The van der Waals surface area contributed by atoms with E-state index in [1.54, 1.807) is 0 Å². The monoisotopic (exact) mass is 215 g/mol. The van der Waals surface area contributed by atoms with Gasteiger partial charge in [-0.05, 0) is 38.1 Å². The Morgan fingerprint density at radius 1 is 0.933 bits per heavy atom. The second kappa shape index (κ2) is 9.17. The zero-order chi connectivity index (χ0) is 11.7. The molecule has 0 amide bonds. The van der Waals surface area contributed by atoms with Crippen molar-refractivity contribution in [2.75, 3.05) is 19.7 Å². The summed E-state index contributed by atoms with van der Waals surface area (Å²) in [5, 5.41) is 3.41. The predicted molar refractivity (Wildman–Crippen MR) is 67.2 cm³/mol. The second-order valence-corrected chi connectivity index (χ2v) is 5.27. The molecule has 0 aliphatic carbocycles. The quantitative estimate of drug-likeness (QED) is 0.597. The second-order valence-electron chi connectivity index (χ2n) is 5.27. The molecule has 1 unspecified atom stereocenters. The van der Waals surface area contributed by atoms with Crippen molar-refractivity contribution >= 4 is 0 Å². The number of rotatable bonds is 9. The SMILES string of the molecule is CC(C)CCCOC(C)CNCC(C)C. The molecule has 2 heteroatoms. The lowest BCUT2D eigenvalue weighted by atomic mass is 10.1. The molecule has 1 N–H and O–H groups in total. The van der Waals surface area contributed by atoms with E-state index in [-0.39, 0.29) is 0 Å². The molecule has 0 aliphatic rings. The number of nitrogens with one attached hydrogen (secondary N) is 1. The Morgan fingerprint density at radius 2 is 1.60 bits per heavy atom. The molecular formula is C13H29NO. The fourth-order valence-corrected chi connectivity index (χ4v) is 1.41. The largest absolute Gasteiger partial charge is 0.377 e. The van der Waals surface area contributed by atoms with Gasteiger partial charge in [-0.2, -0.15) is 0 Å². The Balaban J connectivity index is 3.22. The lowest BCUT2D eigenvalue weighted by Gasteiger charge is -2.15. The fourth-order valence-electron chi connectivity index (χ4n) is 1.41. The molecule has 0 saturated carbocycles. The summed E-state index contributed by atoms with van der Waals surface area (Å²) in [6, 6.07) is 0. The fraction of sp³-hybridized carbons (Fsp3) is 1.00. The van der Waals surface area contributed by atoms with Crippen LogP contribution in [0.3, 0.4) is 0 Å². The van der Waals surface area contributed by atoms with Crippen molar-refractivity contribution < 1.29 is 4.74 Å². The summed E-state index contributed by atoms with van der Waals surface area (Å²) in [7, 11) is 0. The van der Waals surface area contributed by atoms with Crippen LogP contribution in [0.5, 0.6) is 0 Å². The highest BCUT2D eigenvalue weighted by Crippen LogP contribution is 2.04. The van der Waals surface area contributed by atoms with Crippen molar-refractivity contribution in [2.24, 2.45) is 11.8 Å². The summed E-state index contributed by atoms with van der Waals surface area (Å²) >= 11 is 0.